The van der Waals surface area contributed by atoms with Crippen LogP contribution in [0.25, 0.3) is 14.9 Å². The van der Waals surface area contributed by atoms with Crippen molar-refractivity contribution in [2.24, 2.45) is 0 Å². The van der Waals surface area contributed by atoms with E-state index in [4.69, 9.17) is 16.4 Å². The van der Waals surface area contributed by atoms with Gasteiger partial charge in [0.15, 0.2) is 0 Å². The normalized spacial score (nSPS) is 23.4. The third-order valence-electron chi connectivity index (χ3n) is 9.83. The minimum absolute atomic E-state index is 0.0510. The molecular formula is C34H37F2N6O7PS. The van der Waals surface area contributed by atoms with E-state index in [1.54, 1.807) is 4.90 Å². The number of hydrogen-bond acceptors (Lipinski definition) is 7. The number of amides is 4. The number of alkyl halides is 2. The van der Waals surface area contributed by atoms with Gasteiger partial charge in [0.2, 0.25) is 17.7 Å². The van der Waals surface area contributed by atoms with Gasteiger partial charge in [-0.15, -0.1) is 11.3 Å². The van der Waals surface area contributed by atoms with E-state index in [0.29, 0.717) is 50.1 Å². The molecule has 2 aromatic carbocycles. The minimum atomic E-state index is -5.81. The smallest absolute Gasteiger partial charge is 0.340 e. The van der Waals surface area contributed by atoms with Gasteiger partial charge in [-0.25, -0.2) is 11.5 Å². The summed E-state index contributed by atoms with van der Waals surface area (Å²) in [5, 5.41) is 2.86. The number of piperazine rings is 1. The number of halogens is 2. The number of nitrogens with zero attached hydrogens (tertiary/aromatic N) is 5. The zero-order valence-corrected chi connectivity index (χ0v) is 29.4. The summed E-state index contributed by atoms with van der Waals surface area (Å²) in [5.74, 6) is -1.79. The van der Waals surface area contributed by atoms with Crippen LogP contribution in [0.1, 0.15) is 47.0 Å². The molecule has 270 valence electrons. The molecule has 51 heavy (non-hydrogen) atoms. The molecule has 3 fully saturated rings. The van der Waals surface area contributed by atoms with E-state index in [1.807, 2.05) is 35.2 Å². The number of carbonyl (C=O) groups is 4. The van der Waals surface area contributed by atoms with Crippen molar-refractivity contribution >= 4 is 52.6 Å². The maximum atomic E-state index is 14.4. The van der Waals surface area contributed by atoms with Crippen molar-refractivity contribution in [2.45, 2.75) is 62.7 Å². The first-order valence-corrected chi connectivity index (χ1v) is 18.9. The van der Waals surface area contributed by atoms with Gasteiger partial charge in [0.1, 0.15) is 18.6 Å². The van der Waals surface area contributed by atoms with Gasteiger partial charge in [-0.05, 0) is 48.4 Å². The van der Waals surface area contributed by atoms with Crippen LogP contribution in [0, 0.1) is 6.57 Å². The Morgan fingerprint density at radius 1 is 1.02 bits per heavy atom. The van der Waals surface area contributed by atoms with Crippen LogP contribution < -0.4 is 5.32 Å². The molecule has 0 aliphatic carbocycles. The predicted molar refractivity (Wildman–Crippen MR) is 183 cm³/mol. The Labute approximate surface area is 296 Å². The largest absolute Gasteiger partial charge is 0.399 e. The monoisotopic (exact) mass is 742 g/mol. The molecule has 0 saturated carbocycles. The second kappa shape index (κ2) is 14.4. The molecule has 17 heteroatoms. The van der Waals surface area contributed by atoms with Crippen LogP contribution in [0.3, 0.4) is 0 Å². The summed E-state index contributed by atoms with van der Waals surface area (Å²) in [7, 11) is -5.81. The SMILES string of the molecule is [C-]#[N+]C1CN(C(=O)[C@@H]2CC[C@@H]3CCN(C(C)=O)C[C@H](NC(=O)c4cc5cc(C(F)(F)P(=O)(O)O)ccc5s4)C(=O)N32)CCN1Cc1ccccc1. The number of carbonyl (C=O) groups excluding carboxylic acids is 4. The quantitative estimate of drug-likeness (QED) is 0.246. The Bertz CT molecular complexity index is 1930. The summed E-state index contributed by atoms with van der Waals surface area (Å²) < 4.78 is 40.5. The molecule has 4 amide bonds. The molecule has 3 aromatic rings. The third kappa shape index (κ3) is 7.40. The number of hydrogen-bond donors (Lipinski definition) is 3. The molecule has 4 heterocycles. The van der Waals surface area contributed by atoms with Crippen LogP contribution in [0.5, 0.6) is 0 Å². The number of rotatable bonds is 7. The molecule has 1 unspecified atom stereocenters. The number of fused-ring (bicyclic) bond motifs is 2. The molecule has 3 aliphatic rings. The van der Waals surface area contributed by atoms with Crippen LogP contribution in [0.4, 0.5) is 8.78 Å². The Hall–Kier alpha value is -4.26. The fourth-order valence-corrected chi connectivity index (χ4v) is 8.51. The maximum absolute atomic E-state index is 14.4. The van der Waals surface area contributed by atoms with E-state index < -0.39 is 48.9 Å². The van der Waals surface area contributed by atoms with Crippen molar-refractivity contribution in [1.82, 2.24) is 24.9 Å². The van der Waals surface area contributed by atoms with Crippen molar-refractivity contribution in [3.05, 3.63) is 82.0 Å². The van der Waals surface area contributed by atoms with Crippen molar-refractivity contribution in [2.75, 3.05) is 32.7 Å². The number of thiophene rings is 1. The second-order valence-corrected chi connectivity index (χ2v) is 15.8. The van der Waals surface area contributed by atoms with E-state index in [2.05, 4.69) is 10.2 Å². The van der Waals surface area contributed by atoms with E-state index in [9.17, 15) is 32.5 Å². The number of nitrogens with one attached hydrogen (secondary N) is 1. The van der Waals surface area contributed by atoms with Gasteiger partial charge in [-0.2, -0.15) is 8.78 Å². The van der Waals surface area contributed by atoms with Gasteiger partial charge in [-0.1, -0.05) is 36.4 Å². The third-order valence-corrected chi connectivity index (χ3v) is 11.9. The first-order chi connectivity index (χ1) is 24.2. The molecule has 13 nitrogen and oxygen atoms in total. The lowest BCUT2D eigenvalue weighted by Crippen LogP contribution is -2.62. The van der Waals surface area contributed by atoms with Gasteiger partial charge in [-0.3, -0.25) is 28.6 Å². The Balaban J connectivity index is 1.20. The fourth-order valence-electron chi connectivity index (χ4n) is 7.09. The summed E-state index contributed by atoms with van der Waals surface area (Å²) >= 11 is 0.939. The Morgan fingerprint density at radius 2 is 1.76 bits per heavy atom. The molecule has 3 aliphatic heterocycles. The van der Waals surface area contributed by atoms with E-state index in [1.165, 1.54) is 28.9 Å². The predicted octanol–water partition coefficient (Wildman–Crippen LogP) is 3.43. The zero-order valence-electron chi connectivity index (χ0n) is 27.7. The standard InChI is InChI=1S/C34H37F2N6O7PS/c1-21(43)39-13-12-25-9-10-27(33(46)41-15-14-40(30(20-41)37-2)18-22-6-4-3-5-7-22)42(25)32(45)26(19-39)38-31(44)29-17-23-16-24(8-11-28(23)51-29)34(35,36)50(47,48)49/h3-8,11,16-17,25-27,30H,9-10,12-15,18-20H2,1H3,(H,38,44)(H2,47,48,49)/t25-,26+,27+,30?/m1/s1. The molecule has 0 spiro atoms. The van der Waals surface area contributed by atoms with Crippen molar-refractivity contribution < 1.29 is 42.3 Å². The molecule has 1 aromatic heterocycles. The highest BCUT2D eigenvalue weighted by molar-refractivity contribution is 7.52. The van der Waals surface area contributed by atoms with E-state index in [0.717, 1.165) is 29.0 Å². The topological polar surface area (TPSA) is 155 Å². The highest BCUT2D eigenvalue weighted by Gasteiger charge is 2.51. The average molecular weight is 743 g/mol. The summed E-state index contributed by atoms with van der Waals surface area (Å²) in [6.07, 6.45) is 0.802. The summed E-state index contributed by atoms with van der Waals surface area (Å²) in [4.78, 5) is 83.3. The van der Waals surface area contributed by atoms with Crippen molar-refractivity contribution in [3.63, 3.8) is 0 Å². The Kier molecular flexibility index (Phi) is 10.3. The van der Waals surface area contributed by atoms with E-state index >= 15 is 0 Å². The fraction of sp³-hybridized carbons (Fsp3) is 0.441. The Morgan fingerprint density at radius 3 is 2.45 bits per heavy atom. The van der Waals surface area contributed by atoms with Gasteiger partial charge in [0.25, 0.3) is 12.1 Å². The lowest BCUT2D eigenvalue weighted by atomic mass is 10.1. The van der Waals surface area contributed by atoms with Crippen molar-refractivity contribution in [3.8, 4) is 0 Å². The van der Waals surface area contributed by atoms with Crippen LogP contribution in [-0.2, 0) is 31.2 Å². The van der Waals surface area contributed by atoms with Crippen LogP contribution in [-0.4, -0.2) is 110 Å². The molecule has 3 saturated heterocycles. The molecular weight excluding hydrogens is 705 g/mol. The molecule has 6 rings (SSSR count). The number of benzene rings is 2. The van der Waals surface area contributed by atoms with E-state index in [-0.39, 0.29) is 41.2 Å². The minimum Gasteiger partial charge on any atom is -0.340 e. The lowest BCUT2D eigenvalue weighted by molar-refractivity contribution is -0.150. The van der Waals surface area contributed by atoms with Gasteiger partial charge in [0.05, 0.1) is 4.88 Å². The van der Waals surface area contributed by atoms with Gasteiger partial charge in [0, 0.05) is 56.0 Å². The van der Waals surface area contributed by atoms with Gasteiger partial charge >= 0.3 is 13.3 Å². The summed E-state index contributed by atoms with van der Waals surface area (Å²) in [6.45, 7) is 11.0. The van der Waals surface area contributed by atoms with Gasteiger partial charge < -0.3 is 29.8 Å². The average Bonchev–Trinajstić information content (AvgIpc) is 3.72. The van der Waals surface area contributed by atoms with Crippen LogP contribution in [0.2, 0.25) is 0 Å². The van der Waals surface area contributed by atoms with Crippen molar-refractivity contribution in [1.29, 1.82) is 0 Å². The summed E-state index contributed by atoms with van der Waals surface area (Å²) in [5.41, 5.74) is -4.28. The molecule has 3 N–H and O–H groups in total. The highest BCUT2D eigenvalue weighted by atomic mass is 32.1. The maximum Gasteiger partial charge on any atom is 0.399 e. The molecule has 4 atom stereocenters. The first kappa shape index (κ1) is 36.5. The zero-order chi connectivity index (χ0) is 36.7. The highest BCUT2D eigenvalue weighted by Crippen LogP contribution is 2.59. The molecule has 0 bridgehead atoms. The lowest BCUT2D eigenvalue weighted by Gasteiger charge is -2.41. The first-order valence-electron chi connectivity index (χ1n) is 16.5. The second-order valence-electron chi connectivity index (χ2n) is 13.1. The van der Waals surface area contributed by atoms with Crippen LogP contribution in [0.15, 0.2) is 54.6 Å². The molecule has 0 radical (unpaired) electrons. The summed E-state index contributed by atoms with van der Waals surface area (Å²) in [6, 6.07) is 11.7. The van der Waals surface area contributed by atoms with Crippen LogP contribution >= 0.6 is 18.9 Å².